The summed E-state index contributed by atoms with van der Waals surface area (Å²) in [5.74, 6) is 7.16. The molecule has 170 valence electrons. The summed E-state index contributed by atoms with van der Waals surface area (Å²) in [6, 6.07) is 11.7. The number of benzene rings is 1. The third-order valence-electron chi connectivity index (χ3n) is 6.08. The summed E-state index contributed by atoms with van der Waals surface area (Å²) < 4.78 is 1.96. The van der Waals surface area contributed by atoms with Crippen LogP contribution in [0.3, 0.4) is 0 Å². The fourth-order valence-electron chi connectivity index (χ4n) is 4.51. The summed E-state index contributed by atoms with van der Waals surface area (Å²) in [4.78, 5) is 28.1. The van der Waals surface area contributed by atoms with Crippen molar-refractivity contribution in [3.63, 3.8) is 0 Å². The number of hydrogen-bond acceptors (Lipinski definition) is 6. The SMILES string of the molecule is CC#CC(=O)N1CCC[C@H]1c1nc(-c2ccc(Nc3ccccn3)c(C)c2)c2c(N)nccn12. The Balaban J connectivity index is 1.58. The predicted molar refractivity (Wildman–Crippen MR) is 132 cm³/mol. The van der Waals surface area contributed by atoms with Gasteiger partial charge in [-0.15, -0.1) is 0 Å². The van der Waals surface area contributed by atoms with Gasteiger partial charge in [0.25, 0.3) is 5.91 Å². The zero-order valence-electron chi connectivity index (χ0n) is 19.1. The van der Waals surface area contributed by atoms with Crippen LogP contribution < -0.4 is 11.1 Å². The van der Waals surface area contributed by atoms with Crippen molar-refractivity contribution in [3.8, 4) is 23.1 Å². The summed E-state index contributed by atoms with van der Waals surface area (Å²) in [7, 11) is 0. The number of nitrogens with zero attached hydrogens (tertiary/aromatic N) is 5. The molecule has 1 aliphatic rings. The lowest BCUT2D eigenvalue weighted by molar-refractivity contribution is -0.126. The summed E-state index contributed by atoms with van der Waals surface area (Å²) in [5.41, 5.74) is 10.7. The van der Waals surface area contributed by atoms with Crippen molar-refractivity contribution in [2.45, 2.75) is 32.7 Å². The molecule has 8 nitrogen and oxygen atoms in total. The quantitative estimate of drug-likeness (QED) is 0.453. The van der Waals surface area contributed by atoms with Gasteiger partial charge in [-0.25, -0.2) is 15.0 Å². The number of likely N-dealkylation sites (tertiary alicyclic amines) is 1. The first kappa shape index (κ1) is 21.5. The number of nitrogens with two attached hydrogens (primary N) is 1. The standard InChI is InChI=1S/C26H25N7O/c1-3-7-22(34)32-14-6-8-20(32)26-31-23(24-25(27)29-13-15-33(24)26)18-10-11-19(17(2)16-18)30-21-9-4-5-12-28-21/h4-5,9-13,15-16,20H,6,8,14H2,1-2H3,(H2,27,29)(H,28,30)/t20-/m0/s1. The minimum absolute atomic E-state index is 0.164. The molecule has 34 heavy (non-hydrogen) atoms. The maximum atomic E-state index is 12.6. The monoisotopic (exact) mass is 451 g/mol. The maximum Gasteiger partial charge on any atom is 0.299 e. The van der Waals surface area contributed by atoms with Crippen LogP contribution in [0.4, 0.5) is 17.3 Å². The number of amides is 1. The van der Waals surface area contributed by atoms with E-state index in [4.69, 9.17) is 10.7 Å². The van der Waals surface area contributed by atoms with Crippen LogP contribution in [0.5, 0.6) is 0 Å². The van der Waals surface area contributed by atoms with Crippen LogP contribution in [-0.2, 0) is 4.79 Å². The Labute approximate surface area is 197 Å². The van der Waals surface area contributed by atoms with E-state index in [1.165, 1.54) is 0 Å². The van der Waals surface area contributed by atoms with E-state index >= 15 is 0 Å². The normalized spacial score (nSPS) is 15.2. The van der Waals surface area contributed by atoms with E-state index in [-0.39, 0.29) is 11.9 Å². The molecular formula is C26H25N7O. The predicted octanol–water partition coefficient (Wildman–Crippen LogP) is 4.11. The van der Waals surface area contributed by atoms with Crippen LogP contribution in [0.1, 0.15) is 37.2 Å². The van der Waals surface area contributed by atoms with E-state index < -0.39 is 0 Å². The lowest BCUT2D eigenvalue weighted by atomic mass is 10.1. The number of anilines is 3. The average molecular weight is 452 g/mol. The minimum atomic E-state index is -0.175. The number of carbonyl (C=O) groups excluding carboxylic acids is 1. The molecule has 0 bridgehead atoms. The van der Waals surface area contributed by atoms with Gasteiger partial charge in [0.15, 0.2) is 0 Å². The van der Waals surface area contributed by atoms with Crippen LogP contribution in [0.15, 0.2) is 55.0 Å². The number of fused-ring (bicyclic) bond motifs is 1. The molecule has 0 aliphatic carbocycles. The number of carbonyl (C=O) groups is 1. The van der Waals surface area contributed by atoms with Gasteiger partial charge in [-0.2, -0.15) is 0 Å². The first-order valence-electron chi connectivity index (χ1n) is 11.2. The fourth-order valence-corrected chi connectivity index (χ4v) is 4.51. The Kier molecular flexibility index (Phi) is 5.60. The Hall–Kier alpha value is -4.38. The molecule has 1 aliphatic heterocycles. The van der Waals surface area contributed by atoms with Gasteiger partial charge >= 0.3 is 0 Å². The highest BCUT2D eigenvalue weighted by Gasteiger charge is 2.33. The molecule has 0 spiro atoms. The third kappa shape index (κ3) is 3.82. The minimum Gasteiger partial charge on any atom is -0.382 e. The molecule has 3 aromatic heterocycles. The van der Waals surface area contributed by atoms with Crippen molar-refractivity contribution >= 4 is 28.7 Å². The van der Waals surface area contributed by atoms with Crippen LogP contribution in [0.2, 0.25) is 0 Å². The average Bonchev–Trinajstić information content (AvgIpc) is 3.47. The number of rotatable bonds is 4. The summed E-state index contributed by atoms with van der Waals surface area (Å²) >= 11 is 0. The summed E-state index contributed by atoms with van der Waals surface area (Å²) in [5, 5.41) is 3.35. The van der Waals surface area contributed by atoms with Gasteiger partial charge in [-0.3, -0.25) is 9.20 Å². The Bertz CT molecular complexity index is 1430. The highest BCUT2D eigenvalue weighted by molar-refractivity contribution is 5.94. The number of nitrogens with one attached hydrogen (secondary N) is 1. The number of imidazole rings is 1. The van der Waals surface area contributed by atoms with Crippen molar-refractivity contribution < 1.29 is 4.79 Å². The van der Waals surface area contributed by atoms with Crippen molar-refractivity contribution in [1.29, 1.82) is 0 Å². The van der Waals surface area contributed by atoms with E-state index in [1.807, 2.05) is 47.9 Å². The molecule has 1 aromatic carbocycles. The van der Waals surface area contributed by atoms with E-state index in [9.17, 15) is 4.79 Å². The van der Waals surface area contributed by atoms with Crippen molar-refractivity contribution in [2.75, 3.05) is 17.6 Å². The zero-order valence-corrected chi connectivity index (χ0v) is 19.1. The maximum absolute atomic E-state index is 12.6. The molecule has 1 atom stereocenters. The van der Waals surface area contributed by atoms with Crippen LogP contribution in [0.25, 0.3) is 16.8 Å². The first-order valence-corrected chi connectivity index (χ1v) is 11.2. The molecule has 3 N–H and O–H groups in total. The molecule has 4 heterocycles. The van der Waals surface area contributed by atoms with Crippen molar-refractivity contribution in [2.24, 2.45) is 0 Å². The molecule has 5 rings (SSSR count). The van der Waals surface area contributed by atoms with Gasteiger partial charge in [0.05, 0.1) is 6.04 Å². The smallest absolute Gasteiger partial charge is 0.299 e. The van der Waals surface area contributed by atoms with Crippen LogP contribution in [-0.4, -0.2) is 36.7 Å². The highest BCUT2D eigenvalue weighted by atomic mass is 16.2. The number of aryl methyl sites for hydroxylation is 1. The molecule has 0 unspecified atom stereocenters. The second-order valence-electron chi connectivity index (χ2n) is 8.25. The van der Waals surface area contributed by atoms with E-state index in [0.717, 1.165) is 52.5 Å². The second kappa shape index (κ2) is 8.87. The molecule has 1 amide bonds. The lowest BCUT2D eigenvalue weighted by Gasteiger charge is -2.21. The molecule has 0 radical (unpaired) electrons. The van der Waals surface area contributed by atoms with Gasteiger partial charge in [-0.05, 0) is 62.4 Å². The number of hydrogen-bond donors (Lipinski definition) is 2. The van der Waals surface area contributed by atoms with E-state index in [2.05, 4.69) is 33.2 Å². The second-order valence-corrected chi connectivity index (χ2v) is 8.25. The molecule has 1 saturated heterocycles. The van der Waals surface area contributed by atoms with Gasteiger partial charge in [-0.1, -0.05) is 18.1 Å². The topological polar surface area (TPSA) is 101 Å². The van der Waals surface area contributed by atoms with Crippen molar-refractivity contribution in [1.82, 2.24) is 24.3 Å². The number of aromatic nitrogens is 4. The highest BCUT2D eigenvalue weighted by Crippen LogP contribution is 2.37. The molecule has 0 saturated carbocycles. The van der Waals surface area contributed by atoms with Crippen LogP contribution in [0, 0.1) is 18.8 Å². The van der Waals surface area contributed by atoms with Gasteiger partial charge in [0.2, 0.25) is 0 Å². The molecule has 1 fully saturated rings. The summed E-state index contributed by atoms with van der Waals surface area (Å²) in [6.07, 6.45) is 7.00. The Morgan fingerprint density at radius 3 is 2.85 bits per heavy atom. The fraction of sp³-hybridized carbons (Fsp3) is 0.231. The molecule has 8 heteroatoms. The third-order valence-corrected chi connectivity index (χ3v) is 6.08. The molecular weight excluding hydrogens is 426 g/mol. The van der Waals surface area contributed by atoms with E-state index in [0.29, 0.717) is 12.4 Å². The van der Waals surface area contributed by atoms with Gasteiger partial charge in [0.1, 0.15) is 28.7 Å². The Morgan fingerprint density at radius 2 is 2.09 bits per heavy atom. The first-order chi connectivity index (χ1) is 16.6. The molecule has 4 aromatic rings. The summed E-state index contributed by atoms with van der Waals surface area (Å²) in [6.45, 7) is 4.37. The number of pyridine rings is 1. The largest absolute Gasteiger partial charge is 0.382 e. The lowest BCUT2D eigenvalue weighted by Crippen LogP contribution is -2.30. The van der Waals surface area contributed by atoms with Crippen molar-refractivity contribution in [3.05, 3.63) is 66.4 Å². The van der Waals surface area contributed by atoms with E-state index in [1.54, 1.807) is 24.2 Å². The van der Waals surface area contributed by atoms with Gasteiger partial charge in [0, 0.05) is 36.4 Å². The van der Waals surface area contributed by atoms with Gasteiger partial charge < -0.3 is 16.0 Å². The zero-order chi connectivity index (χ0) is 23.7. The number of nitrogen functional groups attached to an aromatic ring is 1. The Morgan fingerprint density at radius 1 is 1.21 bits per heavy atom. The van der Waals surface area contributed by atoms with Crippen LogP contribution >= 0.6 is 0 Å².